The molecule has 0 amide bonds. The zero-order chi connectivity index (χ0) is 13.5. The number of ether oxygens (including phenoxy) is 1. The van der Waals surface area contributed by atoms with E-state index in [4.69, 9.17) is 4.74 Å². The fraction of sp³-hybridized carbons (Fsp3) is 0.562. The highest BCUT2D eigenvalue weighted by Gasteiger charge is 2.44. The molecule has 3 heteroatoms. The van der Waals surface area contributed by atoms with E-state index in [1.54, 1.807) is 0 Å². The van der Waals surface area contributed by atoms with Gasteiger partial charge in [0.15, 0.2) is 5.78 Å². The van der Waals surface area contributed by atoms with Gasteiger partial charge in [0.05, 0.1) is 5.60 Å². The van der Waals surface area contributed by atoms with E-state index in [-0.39, 0.29) is 17.3 Å². The van der Waals surface area contributed by atoms with Crippen LogP contribution in [-0.4, -0.2) is 18.0 Å². The van der Waals surface area contributed by atoms with E-state index < -0.39 is 0 Å². The summed E-state index contributed by atoms with van der Waals surface area (Å²) in [5.74, 6) is 0.430. The molecule has 2 nitrogen and oxygen atoms in total. The van der Waals surface area contributed by atoms with Gasteiger partial charge in [-0.05, 0) is 50.7 Å². The van der Waals surface area contributed by atoms with Gasteiger partial charge in [0, 0.05) is 22.6 Å². The number of hydrogen-bond acceptors (Lipinski definition) is 2. The standard InChI is InChI=1S/C16H19BrO2/c1-11-3-4-12(9-14(11)17)15(18)13-5-8-19-16(10-13)6-2-7-16/h3-4,9,13H,2,5-8,10H2,1H3. The maximum absolute atomic E-state index is 12.6. The van der Waals surface area contributed by atoms with Crippen molar-refractivity contribution in [3.05, 3.63) is 33.8 Å². The summed E-state index contributed by atoms with van der Waals surface area (Å²) < 4.78 is 6.92. The number of carbonyl (C=O) groups is 1. The first-order chi connectivity index (χ1) is 9.10. The molecule has 1 atom stereocenters. The van der Waals surface area contributed by atoms with Gasteiger partial charge in [0.1, 0.15) is 0 Å². The Morgan fingerprint density at radius 3 is 2.84 bits per heavy atom. The second-order valence-corrected chi connectivity index (χ2v) is 6.76. The van der Waals surface area contributed by atoms with Crippen molar-refractivity contribution in [3.63, 3.8) is 0 Å². The van der Waals surface area contributed by atoms with E-state index in [0.717, 1.165) is 42.3 Å². The molecular weight excluding hydrogens is 304 g/mol. The summed E-state index contributed by atoms with van der Waals surface area (Å²) in [6.07, 6.45) is 5.29. The molecule has 2 aliphatic rings. The van der Waals surface area contributed by atoms with Gasteiger partial charge in [-0.1, -0.05) is 28.1 Å². The number of halogens is 1. The van der Waals surface area contributed by atoms with Gasteiger partial charge in [-0.15, -0.1) is 0 Å². The molecule has 1 heterocycles. The summed E-state index contributed by atoms with van der Waals surface area (Å²) in [5, 5.41) is 0. The summed E-state index contributed by atoms with van der Waals surface area (Å²) in [7, 11) is 0. The number of rotatable bonds is 2. The van der Waals surface area contributed by atoms with Crippen LogP contribution in [0.15, 0.2) is 22.7 Å². The van der Waals surface area contributed by atoms with Crippen molar-refractivity contribution in [2.75, 3.05) is 6.61 Å². The number of benzene rings is 1. The van der Waals surface area contributed by atoms with Crippen LogP contribution in [0.5, 0.6) is 0 Å². The van der Waals surface area contributed by atoms with Gasteiger partial charge in [0.2, 0.25) is 0 Å². The Balaban J connectivity index is 1.77. The quantitative estimate of drug-likeness (QED) is 0.759. The van der Waals surface area contributed by atoms with Crippen LogP contribution in [0.4, 0.5) is 0 Å². The fourth-order valence-corrected chi connectivity index (χ4v) is 3.53. The van der Waals surface area contributed by atoms with Crippen LogP contribution in [0.2, 0.25) is 0 Å². The largest absolute Gasteiger partial charge is 0.375 e. The molecule has 19 heavy (non-hydrogen) atoms. The molecule has 0 aromatic heterocycles. The van der Waals surface area contributed by atoms with Crippen LogP contribution in [0.1, 0.15) is 48.0 Å². The summed E-state index contributed by atoms with van der Waals surface area (Å²) in [4.78, 5) is 12.6. The lowest BCUT2D eigenvalue weighted by Crippen LogP contribution is -2.47. The predicted octanol–water partition coefficient (Wildman–Crippen LogP) is 4.29. The third kappa shape index (κ3) is 2.50. The summed E-state index contributed by atoms with van der Waals surface area (Å²) in [6.45, 7) is 2.78. The first-order valence-corrected chi connectivity index (χ1v) is 7.83. The van der Waals surface area contributed by atoms with Crippen LogP contribution >= 0.6 is 15.9 Å². The van der Waals surface area contributed by atoms with Crippen molar-refractivity contribution >= 4 is 21.7 Å². The van der Waals surface area contributed by atoms with Gasteiger partial charge in [-0.3, -0.25) is 4.79 Å². The van der Waals surface area contributed by atoms with Crippen molar-refractivity contribution < 1.29 is 9.53 Å². The molecule has 1 unspecified atom stereocenters. The maximum Gasteiger partial charge on any atom is 0.166 e. The van der Waals surface area contributed by atoms with Gasteiger partial charge in [-0.2, -0.15) is 0 Å². The van der Waals surface area contributed by atoms with Gasteiger partial charge >= 0.3 is 0 Å². The highest BCUT2D eigenvalue weighted by Crippen LogP contribution is 2.44. The zero-order valence-electron chi connectivity index (χ0n) is 11.2. The number of carbonyl (C=O) groups excluding carboxylic acids is 1. The third-order valence-electron chi connectivity index (χ3n) is 4.58. The molecule has 3 rings (SSSR count). The van der Waals surface area contributed by atoms with Crippen molar-refractivity contribution in [2.45, 2.75) is 44.6 Å². The topological polar surface area (TPSA) is 26.3 Å². The molecule has 0 radical (unpaired) electrons. The molecule has 1 saturated heterocycles. The van der Waals surface area contributed by atoms with E-state index in [1.807, 2.05) is 25.1 Å². The second-order valence-electron chi connectivity index (χ2n) is 5.90. The van der Waals surface area contributed by atoms with Crippen molar-refractivity contribution in [1.29, 1.82) is 0 Å². The lowest BCUT2D eigenvalue weighted by molar-refractivity contribution is -0.137. The van der Waals surface area contributed by atoms with E-state index in [0.29, 0.717) is 0 Å². The van der Waals surface area contributed by atoms with Gasteiger partial charge in [0.25, 0.3) is 0 Å². The van der Waals surface area contributed by atoms with Crippen LogP contribution in [-0.2, 0) is 4.74 Å². The first kappa shape index (κ1) is 13.3. The van der Waals surface area contributed by atoms with Crippen molar-refractivity contribution in [1.82, 2.24) is 0 Å². The molecule has 1 saturated carbocycles. The summed E-state index contributed by atoms with van der Waals surface area (Å²) in [5.41, 5.74) is 2.04. The van der Waals surface area contributed by atoms with E-state index >= 15 is 0 Å². The van der Waals surface area contributed by atoms with E-state index in [2.05, 4.69) is 15.9 Å². The Hall–Kier alpha value is -0.670. The maximum atomic E-state index is 12.6. The Morgan fingerprint density at radius 2 is 2.21 bits per heavy atom. The zero-order valence-corrected chi connectivity index (χ0v) is 12.8. The highest BCUT2D eigenvalue weighted by molar-refractivity contribution is 9.10. The van der Waals surface area contributed by atoms with Crippen LogP contribution in [0.3, 0.4) is 0 Å². The Bertz CT molecular complexity index is 505. The number of aryl methyl sites for hydroxylation is 1. The molecule has 102 valence electrons. The van der Waals surface area contributed by atoms with Crippen molar-refractivity contribution in [3.8, 4) is 0 Å². The third-order valence-corrected chi connectivity index (χ3v) is 5.44. The van der Waals surface area contributed by atoms with Crippen LogP contribution in [0.25, 0.3) is 0 Å². The number of Topliss-reactive ketones (excluding diaryl/α,β-unsaturated/α-hetero) is 1. The Morgan fingerprint density at radius 1 is 1.42 bits per heavy atom. The minimum Gasteiger partial charge on any atom is -0.375 e. The molecule has 0 N–H and O–H groups in total. The molecule has 0 bridgehead atoms. The van der Waals surface area contributed by atoms with Crippen molar-refractivity contribution in [2.24, 2.45) is 5.92 Å². The van der Waals surface area contributed by atoms with E-state index in [1.165, 1.54) is 12.0 Å². The average molecular weight is 323 g/mol. The predicted molar refractivity (Wildman–Crippen MR) is 78.5 cm³/mol. The average Bonchev–Trinajstić information content (AvgIpc) is 2.39. The fourth-order valence-electron chi connectivity index (χ4n) is 3.15. The summed E-state index contributed by atoms with van der Waals surface area (Å²) in [6, 6.07) is 5.92. The van der Waals surface area contributed by atoms with Crippen LogP contribution < -0.4 is 0 Å². The summed E-state index contributed by atoms with van der Waals surface area (Å²) >= 11 is 3.51. The SMILES string of the molecule is Cc1ccc(C(=O)C2CCOC3(CCC3)C2)cc1Br. The Kier molecular flexibility index (Phi) is 3.52. The van der Waals surface area contributed by atoms with Gasteiger partial charge < -0.3 is 4.74 Å². The minimum absolute atomic E-state index is 0.0422. The number of ketones is 1. The molecule has 1 aromatic rings. The monoisotopic (exact) mass is 322 g/mol. The lowest BCUT2D eigenvalue weighted by atomic mass is 9.70. The smallest absolute Gasteiger partial charge is 0.166 e. The Labute approximate surface area is 122 Å². The highest BCUT2D eigenvalue weighted by atomic mass is 79.9. The normalized spacial score (nSPS) is 25.1. The van der Waals surface area contributed by atoms with Crippen LogP contribution in [0, 0.1) is 12.8 Å². The van der Waals surface area contributed by atoms with Gasteiger partial charge in [-0.25, -0.2) is 0 Å². The van der Waals surface area contributed by atoms with E-state index in [9.17, 15) is 4.79 Å². The number of hydrogen-bond donors (Lipinski definition) is 0. The molecular formula is C16H19BrO2. The molecule has 1 spiro atoms. The molecule has 1 aromatic carbocycles. The molecule has 2 fully saturated rings. The second kappa shape index (κ2) is 5.02. The molecule has 1 aliphatic carbocycles. The molecule has 1 aliphatic heterocycles. The first-order valence-electron chi connectivity index (χ1n) is 7.04. The lowest BCUT2D eigenvalue weighted by Gasteiger charge is -2.46. The minimum atomic E-state index is 0.0422.